The highest BCUT2D eigenvalue weighted by atomic mass is 32.2. The minimum Gasteiger partial charge on any atom is -0.493 e. The van der Waals surface area contributed by atoms with Crippen LogP contribution in [0.15, 0.2) is 53.4 Å². The summed E-state index contributed by atoms with van der Waals surface area (Å²) in [6.45, 7) is 3.85. The standard InChI is InChI=1S/C19H22N2O5S/c1-13(2)26-17-10-4-14(12-18(17)25-3)5-11-19(22)21-15-6-8-16(9-7-15)27(20,23)24/h4-13H,1-3H3,(H,21,22)(H2,20,23,24)/b11-5+. The Morgan fingerprint density at radius 2 is 1.78 bits per heavy atom. The van der Waals surface area contributed by atoms with E-state index in [4.69, 9.17) is 14.6 Å². The van der Waals surface area contributed by atoms with Gasteiger partial charge in [0.1, 0.15) is 0 Å². The number of rotatable bonds is 7. The number of carbonyl (C=O) groups is 1. The van der Waals surface area contributed by atoms with Crippen molar-refractivity contribution in [1.29, 1.82) is 0 Å². The Morgan fingerprint density at radius 1 is 1.11 bits per heavy atom. The van der Waals surface area contributed by atoms with Crippen molar-refractivity contribution in [2.45, 2.75) is 24.8 Å². The molecular weight excluding hydrogens is 368 g/mol. The molecule has 0 aromatic heterocycles. The maximum absolute atomic E-state index is 12.0. The molecule has 8 heteroatoms. The third-order valence-electron chi connectivity index (χ3n) is 3.43. The van der Waals surface area contributed by atoms with Gasteiger partial charge in [0.25, 0.3) is 0 Å². The molecule has 0 spiro atoms. The number of hydrogen-bond donors (Lipinski definition) is 2. The van der Waals surface area contributed by atoms with E-state index in [1.165, 1.54) is 30.3 Å². The minimum atomic E-state index is -3.76. The number of primary sulfonamides is 1. The topological polar surface area (TPSA) is 108 Å². The van der Waals surface area contributed by atoms with E-state index in [9.17, 15) is 13.2 Å². The van der Waals surface area contributed by atoms with Gasteiger partial charge in [-0.1, -0.05) is 6.07 Å². The lowest BCUT2D eigenvalue weighted by Crippen LogP contribution is -2.12. The molecule has 7 nitrogen and oxygen atoms in total. The molecule has 0 aliphatic heterocycles. The number of benzene rings is 2. The SMILES string of the molecule is COc1cc(/C=C/C(=O)Nc2ccc(S(N)(=O)=O)cc2)ccc1OC(C)C. The Bertz CT molecular complexity index is 935. The number of nitrogens with one attached hydrogen (secondary N) is 1. The molecule has 0 radical (unpaired) electrons. The van der Waals surface area contributed by atoms with Gasteiger partial charge in [0.15, 0.2) is 11.5 Å². The first-order chi connectivity index (χ1) is 12.7. The van der Waals surface area contributed by atoms with E-state index in [0.29, 0.717) is 17.2 Å². The molecule has 2 aromatic rings. The Morgan fingerprint density at radius 3 is 2.33 bits per heavy atom. The van der Waals surface area contributed by atoms with Gasteiger partial charge in [-0.25, -0.2) is 13.6 Å². The number of ether oxygens (including phenoxy) is 2. The molecule has 0 unspecified atom stereocenters. The number of nitrogens with two attached hydrogens (primary N) is 1. The molecule has 27 heavy (non-hydrogen) atoms. The molecule has 0 saturated heterocycles. The van der Waals surface area contributed by atoms with Crippen LogP contribution >= 0.6 is 0 Å². The Hall–Kier alpha value is -2.84. The molecule has 0 aliphatic rings. The number of methoxy groups -OCH3 is 1. The molecule has 0 saturated carbocycles. The third-order valence-corrected chi connectivity index (χ3v) is 4.36. The van der Waals surface area contributed by atoms with Crippen LogP contribution in [0.3, 0.4) is 0 Å². The van der Waals surface area contributed by atoms with Gasteiger partial charge >= 0.3 is 0 Å². The Kier molecular flexibility index (Phi) is 6.59. The normalized spacial score (nSPS) is 11.6. The van der Waals surface area contributed by atoms with Crippen LogP contribution in [0.4, 0.5) is 5.69 Å². The van der Waals surface area contributed by atoms with E-state index in [1.54, 1.807) is 25.3 Å². The van der Waals surface area contributed by atoms with E-state index in [-0.39, 0.29) is 16.9 Å². The first-order valence-corrected chi connectivity index (χ1v) is 9.70. The van der Waals surface area contributed by atoms with E-state index in [2.05, 4.69) is 5.32 Å². The third kappa shape index (κ3) is 6.12. The van der Waals surface area contributed by atoms with Crippen molar-refractivity contribution in [2.75, 3.05) is 12.4 Å². The van der Waals surface area contributed by atoms with Crippen molar-refractivity contribution < 1.29 is 22.7 Å². The molecule has 0 fully saturated rings. The minimum absolute atomic E-state index is 0.0201. The summed E-state index contributed by atoms with van der Waals surface area (Å²) < 4.78 is 33.4. The summed E-state index contributed by atoms with van der Waals surface area (Å²) in [6, 6.07) is 10.9. The van der Waals surface area contributed by atoms with Crippen LogP contribution in [0.2, 0.25) is 0 Å². The average molecular weight is 390 g/mol. The molecule has 0 aliphatic carbocycles. The van der Waals surface area contributed by atoms with E-state index < -0.39 is 10.0 Å². The van der Waals surface area contributed by atoms with Gasteiger partial charge in [0.05, 0.1) is 18.1 Å². The highest BCUT2D eigenvalue weighted by Gasteiger charge is 2.08. The Balaban J connectivity index is 2.06. The van der Waals surface area contributed by atoms with Crippen LogP contribution in [0.1, 0.15) is 19.4 Å². The van der Waals surface area contributed by atoms with E-state index in [1.807, 2.05) is 19.9 Å². The fourth-order valence-electron chi connectivity index (χ4n) is 2.22. The smallest absolute Gasteiger partial charge is 0.248 e. The van der Waals surface area contributed by atoms with Gasteiger partial charge in [0, 0.05) is 11.8 Å². The fourth-order valence-corrected chi connectivity index (χ4v) is 2.74. The molecule has 0 heterocycles. The molecule has 3 N–H and O–H groups in total. The zero-order valence-corrected chi connectivity index (χ0v) is 16.1. The second kappa shape index (κ2) is 8.70. The summed E-state index contributed by atoms with van der Waals surface area (Å²) >= 11 is 0. The molecule has 0 atom stereocenters. The first kappa shape index (κ1) is 20.5. The van der Waals surface area contributed by atoms with Crippen LogP contribution in [-0.4, -0.2) is 27.5 Å². The molecular formula is C19H22N2O5S. The molecule has 2 aromatic carbocycles. The number of hydrogen-bond acceptors (Lipinski definition) is 5. The summed E-state index contributed by atoms with van der Waals surface area (Å²) in [5.74, 6) is 0.841. The second-order valence-electron chi connectivity index (χ2n) is 5.97. The average Bonchev–Trinajstić information content (AvgIpc) is 2.60. The summed E-state index contributed by atoms with van der Waals surface area (Å²) in [6.07, 6.45) is 3.02. The number of sulfonamides is 1. The van der Waals surface area contributed by atoms with Crippen LogP contribution in [0.25, 0.3) is 6.08 Å². The number of amides is 1. The fraction of sp³-hybridized carbons (Fsp3) is 0.211. The van der Waals surface area contributed by atoms with Crippen LogP contribution in [0.5, 0.6) is 11.5 Å². The van der Waals surface area contributed by atoms with Gasteiger partial charge in [-0.3, -0.25) is 4.79 Å². The van der Waals surface area contributed by atoms with Crippen LogP contribution in [0, 0.1) is 0 Å². The lowest BCUT2D eigenvalue weighted by molar-refractivity contribution is -0.111. The van der Waals surface area contributed by atoms with Gasteiger partial charge in [-0.05, 0) is 61.9 Å². The molecule has 1 amide bonds. The van der Waals surface area contributed by atoms with Gasteiger partial charge in [0.2, 0.25) is 15.9 Å². The summed E-state index contributed by atoms with van der Waals surface area (Å²) in [5.41, 5.74) is 1.22. The lowest BCUT2D eigenvalue weighted by atomic mass is 10.2. The van der Waals surface area contributed by atoms with Crippen molar-refractivity contribution in [3.63, 3.8) is 0 Å². The number of carbonyl (C=O) groups excluding carboxylic acids is 1. The van der Waals surface area contributed by atoms with Crippen molar-refractivity contribution >= 4 is 27.7 Å². The van der Waals surface area contributed by atoms with Gasteiger partial charge in [-0.2, -0.15) is 0 Å². The number of anilines is 1. The van der Waals surface area contributed by atoms with Crippen LogP contribution < -0.4 is 19.9 Å². The molecule has 2 rings (SSSR count). The van der Waals surface area contributed by atoms with Gasteiger partial charge in [-0.15, -0.1) is 0 Å². The van der Waals surface area contributed by atoms with E-state index in [0.717, 1.165) is 5.56 Å². The quantitative estimate of drug-likeness (QED) is 0.707. The zero-order chi connectivity index (χ0) is 20.0. The van der Waals surface area contributed by atoms with Crippen molar-refractivity contribution in [2.24, 2.45) is 5.14 Å². The highest BCUT2D eigenvalue weighted by Crippen LogP contribution is 2.29. The maximum atomic E-state index is 12.0. The van der Waals surface area contributed by atoms with Crippen molar-refractivity contribution in [3.8, 4) is 11.5 Å². The monoisotopic (exact) mass is 390 g/mol. The maximum Gasteiger partial charge on any atom is 0.248 e. The van der Waals surface area contributed by atoms with Gasteiger partial charge < -0.3 is 14.8 Å². The zero-order valence-electron chi connectivity index (χ0n) is 15.3. The summed E-state index contributed by atoms with van der Waals surface area (Å²) in [4.78, 5) is 12.0. The Labute approximate surface area is 158 Å². The second-order valence-corrected chi connectivity index (χ2v) is 7.53. The summed E-state index contributed by atoms with van der Waals surface area (Å²) in [5, 5.41) is 7.68. The van der Waals surface area contributed by atoms with Crippen molar-refractivity contribution in [1.82, 2.24) is 0 Å². The first-order valence-electron chi connectivity index (χ1n) is 8.15. The van der Waals surface area contributed by atoms with Crippen molar-refractivity contribution in [3.05, 3.63) is 54.1 Å². The molecule has 0 bridgehead atoms. The summed E-state index contributed by atoms with van der Waals surface area (Å²) in [7, 11) is -2.21. The highest BCUT2D eigenvalue weighted by molar-refractivity contribution is 7.89. The van der Waals surface area contributed by atoms with Crippen LogP contribution in [-0.2, 0) is 14.8 Å². The predicted molar refractivity (Wildman–Crippen MR) is 104 cm³/mol. The predicted octanol–water partition coefficient (Wildman–Crippen LogP) is 2.78. The molecule has 144 valence electrons. The lowest BCUT2D eigenvalue weighted by Gasteiger charge is -2.13. The largest absolute Gasteiger partial charge is 0.493 e. The van der Waals surface area contributed by atoms with E-state index >= 15 is 0 Å².